The number of carboxylic acid groups (broad SMARTS) is 1. The number of hydrogen-bond acceptors (Lipinski definition) is 3. The van der Waals surface area contributed by atoms with Gasteiger partial charge in [0.15, 0.2) is 0 Å². The normalized spacial score (nSPS) is 12.5. The predicted octanol–water partition coefficient (Wildman–Crippen LogP) is 0.492. The van der Waals surface area contributed by atoms with Gasteiger partial charge in [-0.2, -0.15) is 0 Å². The van der Waals surface area contributed by atoms with Crippen molar-refractivity contribution in [2.45, 2.75) is 6.04 Å². The first-order valence-electron chi connectivity index (χ1n) is 3.55. The zero-order valence-corrected chi connectivity index (χ0v) is 6.70. The molecule has 0 saturated carbocycles. The summed E-state index contributed by atoms with van der Waals surface area (Å²) in [6, 6.07) is 2.36. The Morgan fingerprint density at radius 3 is 2.62 bits per heavy atom. The standard InChI is InChI=1S/C8H9FN2O2/c9-6-3-4(10)1-2-5(6)7(11)8(12)13/h1-3,7H,10-11H2,(H,12,13). The fourth-order valence-electron chi connectivity index (χ4n) is 0.929. The van der Waals surface area contributed by atoms with Crippen molar-refractivity contribution in [1.29, 1.82) is 0 Å². The van der Waals surface area contributed by atoms with E-state index in [1.54, 1.807) is 0 Å². The smallest absolute Gasteiger partial charge is 0.325 e. The number of anilines is 1. The number of benzene rings is 1. The molecule has 0 bridgehead atoms. The maximum atomic E-state index is 13.0. The van der Waals surface area contributed by atoms with Gasteiger partial charge in [-0.1, -0.05) is 6.07 Å². The van der Waals surface area contributed by atoms with E-state index >= 15 is 0 Å². The van der Waals surface area contributed by atoms with E-state index in [0.717, 1.165) is 6.07 Å². The molecule has 0 amide bonds. The van der Waals surface area contributed by atoms with Gasteiger partial charge in [0, 0.05) is 11.3 Å². The summed E-state index contributed by atoms with van der Waals surface area (Å²) in [6.07, 6.45) is 0. The molecule has 70 valence electrons. The molecule has 5 N–H and O–H groups in total. The first kappa shape index (κ1) is 9.47. The molecule has 0 aliphatic rings. The van der Waals surface area contributed by atoms with Crippen molar-refractivity contribution in [2.24, 2.45) is 5.73 Å². The van der Waals surface area contributed by atoms with Crippen LogP contribution in [0.4, 0.5) is 10.1 Å². The lowest BCUT2D eigenvalue weighted by Gasteiger charge is -2.07. The molecule has 1 aromatic carbocycles. The van der Waals surface area contributed by atoms with Crippen LogP contribution in [0.2, 0.25) is 0 Å². The van der Waals surface area contributed by atoms with E-state index in [9.17, 15) is 9.18 Å². The fourth-order valence-corrected chi connectivity index (χ4v) is 0.929. The van der Waals surface area contributed by atoms with Crippen LogP contribution in [0.1, 0.15) is 11.6 Å². The molecule has 0 heterocycles. The van der Waals surface area contributed by atoms with Crippen LogP contribution in [0.15, 0.2) is 18.2 Å². The van der Waals surface area contributed by atoms with Crippen LogP contribution in [0.5, 0.6) is 0 Å². The van der Waals surface area contributed by atoms with Crippen molar-refractivity contribution in [3.63, 3.8) is 0 Å². The van der Waals surface area contributed by atoms with Crippen molar-refractivity contribution in [1.82, 2.24) is 0 Å². The van der Waals surface area contributed by atoms with Crippen molar-refractivity contribution in [2.75, 3.05) is 5.73 Å². The topological polar surface area (TPSA) is 89.3 Å². The van der Waals surface area contributed by atoms with Gasteiger partial charge in [0.25, 0.3) is 0 Å². The molecular formula is C8H9FN2O2. The largest absolute Gasteiger partial charge is 0.480 e. The lowest BCUT2D eigenvalue weighted by Crippen LogP contribution is -2.21. The number of halogens is 1. The highest BCUT2D eigenvalue weighted by Gasteiger charge is 2.17. The van der Waals surface area contributed by atoms with E-state index in [1.165, 1.54) is 12.1 Å². The third kappa shape index (κ3) is 1.94. The number of aliphatic carboxylic acids is 1. The molecule has 0 aliphatic carbocycles. The van der Waals surface area contributed by atoms with Gasteiger partial charge in [-0.3, -0.25) is 4.79 Å². The summed E-state index contributed by atoms with van der Waals surface area (Å²) in [6.45, 7) is 0. The second kappa shape index (κ2) is 3.40. The Morgan fingerprint density at radius 2 is 2.15 bits per heavy atom. The van der Waals surface area contributed by atoms with Gasteiger partial charge in [0.2, 0.25) is 0 Å². The molecule has 13 heavy (non-hydrogen) atoms. The van der Waals surface area contributed by atoms with Crippen LogP contribution in [0.3, 0.4) is 0 Å². The Labute approximate surface area is 74.0 Å². The van der Waals surface area contributed by atoms with E-state index < -0.39 is 17.8 Å². The molecule has 1 aromatic rings. The predicted molar refractivity (Wildman–Crippen MR) is 45.4 cm³/mol. The van der Waals surface area contributed by atoms with Crippen molar-refractivity contribution in [3.8, 4) is 0 Å². The van der Waals surface area contributed by atoms with Crippen molar-refractivity contribution in [3.05, 3.63) is 29.6 Å². The molecule has 0 saturated heterocycles. The van der Waals surface area contributed by atoms with E-state index in [0.29, 0.717) is 0 Å². The Balaban J connectivity index is 3.08. The lowest BCUT2D eigenvalue weighted by atomic mass is 10.1. The van der Waals surface area contributed by atoms with Crippen LogP contribution in [0.25, 0.3) is 0 Å². The number of nitrogen functional groups attached to an aromatic ring is 1. The first-order valence-corrected chi connectivity index (χ1v) is 3.55. The third-order valence-corrected chi connectivity index (χ3v) is 1.63. The highest BCUT2D eigenvalue weighted by molar-refractivity contribution is 5.75. The molecule has 0 radical (unpaired) electrons. The number of rotatable bonds is 2. The lowest BCUT2D eigenvalue weighted by molar-refractivity contribution is -0.138. The quantitative estimate of drug-likeness (QED) is 0.583. The minimum absolute atomic E-state index is 0.0679. The van der Waals surface area contributed by atoms with Crippen LogP contribution in [-0.2, 0) is 4.79 Å². The summed E-state index contributed by atoms with van der Waals surface area (Å²) >= 11 is 0. The molecule has 5 heteroatoms. The third-order valence-electron chi connectivity index (χ3n) is 1.63. The zero-order chi connectivity index (χ0) is 10.0. The number of carboxylic acids is 1. The summed E-state index contributed by atoms with van der Waals surface area (Å²) in [5.74, 6) is -1.97. The molecule has 0 aliphatic heterocycles. The highest BCUT2D eigenvalue weighted by Crippen LogP contribution is 2.17. The van der Waals surface area contributed by atoms with Gasteiger partial charge in [-0.15, -0.1) is 0 Å². The fraction of sp³-hybridized carbons (Fsp3) is 0.125. The van der Waals surface area contributed by atoms with E-state index in [1.807, 2.05) is 0 Å². The maximum absolute atomic E-state index is 13.0. The van der Waals surface area contributed by atoms with Crippen LogP contribution in [-0.4, -0.2) is 11.1 Å². The minimum Gasteiger partial charge on any atom is -0.480 e. The molecular weight excluding hydrogens is 175 g/mol. The Hall–Kier alpha value is -1.62. The highest BCUT2D eigenvalue weighted by atomic mass is 19.1. The molecule has 1 atom stereocenters. The molecule has 0 fully saturated rings. The zero-order valence-electron chi connectivity index (χ0n) is 6.70. The molecule has 1 rings (SSSR count). The molecule has 0 spiro atoms. The average molecular weight is 184 g/mol. The first-order chi connectivity index (χ1) is 6.02. The molecule has 1 unspecified atom stereocenters. The second-order valence-corrected chi connectivity index (χ2v) is 2.60. The SMILES string of the molecule is Nc1ccc(C(N)C(=O)O)c(F)c1. The van der Waals surface area contributed by atoms with Gasteiger partial charge in [-0.05, 0) is 12.1 Å². The van der Waals surface area contributed by atoms with Crippen molar-refractivity contribution >= 4 is 11.7 Å². The molecule has 0 aromatic heterocycles. The molecule has 4 nitrogen and oxygen atoms in total. The summed E-state index contributed by atoms with van der Waals surface area (Å²) in [7, 11) is 0. The maximum Gasteiger partial charge on any atom is 0.325 e. The summed E-state index contributed by atoms with van der Waals surface area (Å²) < 4.78 is 13.0. The number of hydrogen-bond donors (Lipinski definition) is 3. The van der Waals surface area contributed by atoms with E-state index in [2.05, 4.69) is 0 Å². The van der Waals surface area contributed by atoms with E-state index in [4.69, 9.17) is 16.6 Å². The monoisotopic (exact) mass is 184 g/mol. The average Bonchev–Trinajstić information content (AvgIpc) is 2.03. The van der Waals surface area contributed by atoms with Gasteiger partial charge >= 0.3 is 5.97 Å². The van der Waals surface area contributed by atoms with Gasteiger partial charge < -0.3 is 16.6 Å². The Morgan fingerprint density at radius 1 is 1.54 bits per heavy atom. The number of carbonyl (C=O) groups is 1. The summed E-state index contributed by atoms with van der Waals surface area (Å²) in [4.78, 5) is 10.4. The Kier molecular flexibility index (Phi) is 2.48. The van der Waals surface area contributed by atoms with E-state index in [-0.39, 0.29) is 11.3 Å². The second-order valence-electron chi connectivity index (χ2n) is 2.60. The van der Waals surface area contributed by atoms with Crippen LogP contribution >= 0.6 is 0 Å². The van der Waals surface area contributed by atoms with Crippen molar-refractivity contribution < 1.29 is 14.3 Å². The van der Waals surface area contributed by atoms with Crippen LogP contribution in [0, 0.1) is 5.82 Å². The van der Waals surface area contributed by atoms with Gasteiger partial charge in [0.1, 0.15) is 11.9 Å². The van der Waals surface area contributed by atoms with Gasteiger partial charge in [-0.25, -0.2) is 4.39 Å². The minimum atomic E-state index is -1.35. The van der Waals surface area contributed by atoms with Crippen LogP contribution < -0.4 is 11.5 Å². The van der Waals surface area contributed by atoms with Gasteiger partial charge in [0.05, 0.1) is 0 Å². The number of nitrogens with two attached hydrogens (primary N) is 2. The summed E-state index contributed by atoms with van der Waals surface area (Å²) in [5, 5.41) is 8.51. The summed E-state index contributed by atoms with van der Waals surface area (Å²) in [5.41, 5.74) is 10.7. The Bertz CT molecular complexity index is 341.